The van der Waals surface area contributed by atoms with Crippen molar-refractivity contribution in [2.45, 2.75) is 19.8 Å². The summed E-state index contributed by atoms with van der Waals surface area (Å²) in [6.45, 7) is 1.93. The van der Waals surface area contributed by atoms with Gasteiger partial charge in [0.05, 0.1) is 22.7 Å². The van der Waals surface area contributed by atoms with Crippen LogP contribution in [0.5, 0.6) is 0 Å². The Labute approximate surface area is 171 Å². The molecule has 0 bridgehead atoms. The highest BCUT2D eigenvalue weighted by molar-refractivity contribution is 9.10. The molecule has 0 aliphatic carbocycles. The van der Waals surface area contributed by atoms with E-state index >= 15 is 0 Å². The van der Waals surface area contributed by atoms with Gasteiger partial charge in [0, 0.05) is 16.6 Å². The van der Waals surface area contributed by atoms with Crippen LogP contribution in [0.1, 0.15) is 23.1 Å². The summed E-state index contributed by atoms with van der Waals surface area (Å²) in [5, 5.41) is 22.5. The zero-order valence-electron chi connectivity index (χ0n) is 15.2. The molecule has 0 saturated heterocycles. The summed E-state index contributed by atoms with van der Waals surface area (Å²) >= 11 is 3.46. The Kier molecular flexibility index (Phi) is 4.73. The number of imidazole rings is 1. The molecular weight excluding hydrogens is 414 g/mol. The van der Waals surface area contributed by atoms with Crippen molar-refractivity contribution in [3.8, 4) is 12.1 Å². The molecule has 1 N–H and O–H groups in total. The molecule has 0 amide bonds. The van der Waals surface area contributed by atoms with Crippen molar-refractivity contribution in [2.75, 3.05) is 5.32 Å². The summed E-state index contributed by atoms with van der Waals surface area (Å²) in [5.74, 6) is 0.845. The normalized spacial score (nSPS) is 10.7. The van der Waals surface area contributed by atoms with Gasteiger partial charge in [0.2, 0.25) is 0 Å². The fourth-order valence-electron chi connectivity index (χ4n) is 3.47. The van der Waals surface area contributed by atoms with Crippen LogP contribution in [0.15, 0.2) is 53.0 Å². The first-order valence-corrected chi connectivity index (χ1v) is 9.65. The summed E-state index contributed by atoms with van der Waals surface area (Å²) in [4.78, 5) is 4.71. The first-order chi connectivity index (χ1) is 13.6. The second-order valence-electron chi connectivity index (χ2n) is 6.49. The maximum Gasteiger partial charge on any atom is 0.157 e. The van der Waals surface area contributed by atoms with Gasteiger partial charge < -0.3 is 5.32 Å². The Hall–Kier alpha value is -3.35. The number of fused-ring (bicyclic) bond motifs is 3. The number of pyridine rings is 1. The SMILES string of the molecule is Cc1c(CCC#N)c(Nc2ccc(Br)cc2)n2c(nc3ccccc32)c1C#N. The zero-order valence-corrected chi connectivity index (χ0v) is 16.8. The predicted molar refractivity (Wildman–Crippen MR) is 114 cm³/mol. The van der Waals surface area contributed by atoms with E-state index in [0.29, 0.717) is 24.1 Å². The van der Waals surface area contributed by atoms with E-state index in [0.717, 1.165) is 38.1 Å². The largest absolute Gasteiger partial charge is 0.341 e. The van der Waals surface area contributed by atoms with Gasteiger partial charge >= 0.3 is 0 Å². The van der Waals surface area contributed by atoms with Gasteiger partial charge in [-0.3, -0.25) is 4.40 Å². The number of rotatable bonds is 4. The third kappa shape index (κ3) is 2.98. The van der Waals surface area contributed by atoms with Crippen LogP contribution in [-0.2, 0) is 6.42 Å². The van der Waals surface area contributed by atoms with Gasteiger partial charge in [-0.05, 0) is 60.9 Å². The van der Waals surface area contributed by atoms with Crippen LogP contribution in [0.4, 0.5) is 11.5 Å². The van der Waals surface area contributed by atoms with Gasteiger partial charge in [-0.1, -0.05) is 28.1 Å². The molecule has 0 unspecified atom stereocenters. The lowest BCUT2D eigenvalue weighted by Gasteiger charge is -2.18. The van der Waals surface area contributed by atoms with Crippen molar-refractivity contribution in [2.24, 2.45) is 0 Å². The standard InChI is InChI=1S/C22H16BrN5/c1-14-17(5-4-12-24)21(26-16-10-8-15(23)9-11-16)28-20-7-3-2-6-19(20)27-22(28)18(14)13-25/h2-3,6-11,26H,4-5H2,1H3. The van der Waals surface area contributed by atoms with Crippen molar-refractivity contribution in [1.82, 2.24) is 9.38 Å². The lowest BCUT2D eigenvalue weighted by Crippen LogP contribution is -2.08. The number of halogens is 1. The van der Waals surface area contributed by atoms with Crippen molar-refractivity contribution in [3.63, 3.8) is 0 Å². The molecule has 0 saturated carbocycles. The van der Waals surface area contributed by atoms with E-state index < -0.39 is 0 Å². The molecule has 2 aromatic carbocycles. The number of nitriles is 2. The predicted octanol–water partition coefficient (Wildman–Crippen LogP) is 5.63. The molecule has 2 aromatic heterocycles. The average Bonchev–Trinajstić information content (AvgIpc) is 3.08. The van der Waals surface area contributed by atoms with Crippen LogP contribution in [0.25, 0.3) is 16.7 Å². The summed E-state index contributed by atoms with van der Waals surface area (Å²) in [5.41, 5.74) is 5.66. The molecule has 6 heteroatoms. The third-order valence-corrected chi connectivity index (χ3v) is 5.36. The highest BCUT2D eigenvalue weighted by atomic mass is 79.9. The molecule has 0 aliphatic rings. The van der Waals surface area contributed by atoms with Crippen LogP contribution >= 0.6 is 15.9 Å². The molecule has 136 valence electrons. The Balaban J connectivity index is 2.07. The molecule has 0 spiro atoms. The first-order valence-electron chi connectivity index (χ1n) is 8.86. The quantitative estimate of drug-likeness (QED) is 0.455. The van der Waals surface area contributed by atoms with E-state index in [1.807, 2.05) is 59.9 Å². The highest BCUT2D eigenvalue weighted by Crippen LogP contribution is 2.33. The molecule has 0 radical (unpaired) electrons. The summed E-state index contributed by atoms with van der Waals surface area (Å²) in [6.07, 6.45) is 0.928. The Morgan fingerprint density at radius 3 is 2.57 bits per heavy atom. The number of para-hydroxylation sites is 2. The van der Waals surface area contributed by atoms with Gasteiger partial charge in [-0.15, -0.1) is 0 Å². The molecule has 4 aromatic rings. The smallest absolute Gasteiger partial charge is 0.157 e. The minimum Gasteiger partial charge on any atom is -0.341 e. The van der Waals surface area contributed by atoms with E-state index in [9.17, 15) is 5.26 Å². The molecule has 0 atom stereocenters. The van der Waals surface area contributed by atoms with Gasteiger partial charge in [-0.25, -0.2) is 4.98 Å². The Morgan fingerprint density at radius 1 is 1.11 bits per heavy atom. The number of anilines is 2. The maximum absolute atomic E-state index is 9.81. The average molecular weight is 430 g/mol. The zero-order chi connectivity index (χ0) is 19.7. The second kappa shape index (κ2) is 7.34. The van der Waals surface area contributed by atoms with E-state index in [2.05, 4.69) is 33.4 Å². The van der Waals surface area contributed by atoms with Crippen LogP contribution in [0.2, 0.25) is 0 Å². The Morgan fingerprint density at radius 2 is 1.86 bits per heavy atom. The number of benzene rings is 2. The van der Waals surface area contributed by atoms with Crippen LogP contribution in [0, 0.1) is 29.6 Å². The minimum absolute atomic E-state index is 0.374. The number of aromatic nitrogens is 2. The highest BCUT2D eigenvalue weighted by Gasteiger charge is 2.20. The number of nitrogens with zero attached hydrogens (tertiary/aromatic N) is 4. The van der Waals surface area contributed by atoms with Gasteiger partial charge in [0.1, 0.15) is 11.9 Å². The van der Waals surface area contributed by atoms with Gasteiger partial charge in [0.25, 0.3) is 0 Å². The molecule has 0 fully saturated rings. The van der Waals surface area contributed by atoms with Crippen LogP contribution in [-0.4, -0.2) is 9.38 Å². The van der Waals surface area contributed by atoms with E-state index in [-0.39, 0.29) is 0 Å². The van der Waals surface area contributed by atoms with Crippen molar-refractivity contribution < 1.29 is 0 Å². The van der Waals surface area contributed by atoms with Crippen molar-refractivity contribution in [3.05, 3.63) is 69.7 Å². The molecular formula is C22H16BrN5. The lowest BCUT2D eigenvalue weighted by molar-refractivity contribution is 0.975. The van der Waals surface area contributed by atoms with Crippen molar-refractivity contribution >= 4 is 44.1 Å². The fraction of sp³-hybridized carbons (Fsp3) is 0.136. The summed E-state index contributed by atoms with van der Waals surface area (Å²) in [7, 11) is 0. The number of hydrogen-bond acceptors (Lipinski definition) is 4. The first kappa shape index (κ1) is 18.0. The van der Waals surface area contributed by atoms with Crippen molar-refractivity contribution in [1.29, 1.82) is 10.5 Å². The second-order valence-corrected chi connectivity index (χ2v) is 7.40. The third-order valence-electron chi connectivity index (χ3n) is 4.83. The maximum atomic E-state index is 9.81. The van der Waals surface area contributed by atoms with E-state index in [4.69, 9.17) is 10.2 Å². The van der Waals surface area contributed by atoms with Gasteiger partial charge in [-0.2, -0.15) is 10.5 Å². The number of hydrogen-bond donors (Lipinski definition) is 1. The molecule has 2 heterocycles. The topological polar surface area (TPSA) is 76.9 Å². The van der Waals surface area contributed by atoms with E-state index in [1.165, 1.54) is 0 Å². The van der Waals surface area contributed by atoms with Gasteiger partial charge in [0.15, 0.2) is 5.65 Å². The summed E-state index contributed by atoms with van der Waals surface area (Å²) < 4.78 is 2.99. The molecule has 5 nitrogen and oxygen atoms in total. The van der Waals surface area contributed by atoms with Crippen LogP contribution in [0.3, 0.4) is 0 Å². The Bertz CT molecular complexity index is 1270. The van der Waals surface area contributed by atoms with E-state index in [1.54, 1.807) is 0 Å². The van der Waals surface area contributed by atoms with Crippen LogP contribution < -0.4 is 5.32 Å². The molecule has 28 heavy (non-hydrogen) atoms. The minimum atomic E-state index is 0.374. The molecule has 0 aliphatic heterocycles. The monoisotopic (exact) mass is 429 g/mol. The summed E-state index contributed by atoms with van der Waals surface area (Å²) in [6, 6.07) is 20.3. The fourth-order valence-corrected chi connectivity index (χ4v) is 3.74. The number of nitrogens with one attached hydrogen (secondary N) is 1. The lowest BCUT2D eigenvalue weighted by atomic mass is 10.0. The molecule has 4 rings (SSSR count).